The van der Waals surface area contributed by atoms with E-state index in [1.54, 1.807) is 17.0 Å². The van der Waals surface area contributed by atoms with Crippen molar-refractivity contribution in [2.75, 3.05) is 37.6 Å². The van der Waals surface area contributed by atoms with Crippen molar-refractivity contribution in [2.24, 2.45) is 0 Å². The molecule has 0 spiro atoms. The van der Waals surface area contributed by atoms with Crippen molar-refractivity contribution in [3.8, 4) is 0 Å². The van der Waals surface area contributed by atoms with E-state index in [0.29, 0.717) is 31.7 Å². The first kappa shape index (κ1) is 21.2. The third-order valence-electron chi connectivity index (χ3n) is 5.35. The van der Waals surface area contributed by atoms with Crippen LogP contribution in [0.4, 0.5) is 10.1 Å². The van der Waals surface area contributed by atoms with Crippen LogP contribution in [0.5, 0.6) is 0 Å². The van der Waals surface area contributed by atoms with E-state index >= 15 is 0 Å². The molecule has 0 aliphatic carbocycles. The van der Waals surface area contributed by atoms with Gasteiger partial charge < -0.3 is 19.5 Å². The molecule has 0 atom stereocenters. The Labute approximate surface area is 182 Å². The predicted octanol–water partition coefficient (Wildman–Crippen LogP) is 1.82. The van der Waals surface area contributed by atoms with Crippen molar-refractivity contribution >= 4 is 34.8 Å². The lowest BCUT2D eigenvalue weighted by atomic mass is 10.1. The smallest absolute Gasteiger partial charge is 0.287 e. The summed E-state index contributed by atoms with van der Waals surface area (Å²) in [6, 6.07) is 11.7. The van der Waals surface area contributed by atoms with E-state index in [1.807, 2.05) is 17.0 Å². The number of amides is 2. The minimum atomic E-state index is -0.736. The highest BCUT2D eigenvalue weighted by Gasteiger charge is 2.23. The van der Waals surface area contributed by atoms with Crippen molar-refractivity contribution in [3.63, 3.8) is 0 Å². The normalized spacial score (nSPS) is 13.8. The fraction of sp³-hybridized carbons (Fsp3) is 0.217. The summed E-state index contributed by atoms with van der Waals surface area (Å²) in [5.74, 6) is -1.91. The van der Waals surface area contributed by atoms with Gasteiger partial charge in [-0.2, -0.15) is 0 Å². The Balaban J connectivity index is 1.35. The Morgan fingerprint density at radius 2 is 1.81 bits per heavy atom. The summed E-state index contributed by atoms with van der Waals surface area (Å²) in [6.07, 6.45) is 0.807. The number of para-hydroxylation sites is 1. The number of anilines is 1. The van der Waals surface area contributed by atoms with Gasteiger partial charge >= 0.3 is 0 Å². The minimum Gasteiger partial charge on any atom is -0.451 e. The Bertz CT molecular complexity index is 1250. The molecule has 1 aliphatic heterocycles. The number of halogens is 1. The van der Waals surface area contributed by atoms with Crippen LogP contribution in [-0.4, -0.2) is 55.7 Å². The Hall–Kier alpha value is -4.01. The van der Waals surface area contributed by atoms with Crippen LogP contribution in [0.2, 0.25) is 0 Å². The van der Waals surface area contributed by atoms with Gasteiger partial charge in [0.15, 0.2) is 17.5 Å². The van der Waals surface area contributed by atoms with Crippen molar-refractivity contribution in [3.05, 3.63) is 75.9 Å². The number of benzene rings is 2. The van der Waals surface area contributed by atoms with E-state index in [-0.39, 0.29) is 29.2 Å². The summed E-state index contributed by atoms with van der Waals surface area (Å²) in [4.78, 5) is 51.9. The zero-order valence-corrected chi connectivity index (χ0v) is 17.0. The summed E-state index contributed by atoms with van der Waals surface area (Å²) < 4.78 is 18.7. The summed E-state index contributed by atoms with van der Waals surface area (Å²) in [5, 5.41) is 2.61. The minimum absolute atomic E-state index is 0.0410. The van der Waals surface area contributed by atoms with Gasteiger partial charge in [0.2, 0.25) is 5.91 Å². The molecule has 1 N–H and O–H groups in total. The number of carbonyl (C=O) groups is 3. The summed E-state index contributed by atoms with van der Waals surface area (Å²) in [7, 11) is 0. The Morgan fingerprint density at radius 1 is 1.06 bits per heavy atom. The predicted molar refractivity (Wildman–Crippen MR) is 115 cm³/mol. The van der Waals surface area contributed by atoms with Gasteiger partial charge in [0.05, 0.1) is 11.9 Å². The van der Waals surface area contributed by atoms with Crippen LogP contribution in [-0.2, 0) is 4.79 Å². The maximum Gasteiger partial charge on any atom is 0.287 e. The Kier molecular flexibility index (Phi) is 5.98. The van der Waals surface area contributed by atoms with Gasteiger partial charge in [-0.15, -0.1) is 0 Å². The average Bonchev–Trinajstić information content (AvgIpc) is 2.82. The average molecular weight is 437 g/mol. The number of carbonyl (C=O) groups excluding carboxylic acids is 3. The van der Waals surface area contributed by atoms with Gasteiger partial charge in [-0.1, -0.05) is 12.1 Å². The monoisotopic (exact) mass is 437 g/mol. The largest absolute Gasteiger partial charge is 0.451 e. The van der Waals surface area contributed by atoms with Gasteiger partial charge in [0.25, 0.3) is 5.91 Å². The number of aldehydes is 1. The molecule has 1 saturated heterocycles. The lowest BCUT2D eigenvalue weighted by molar-refractivity contribution is -0.130. The lowest BCUT2D eigenvalue weighted by Crippen LogP contribution is -2.51. The van der Waals surface area contributed by atoms with Crippen LogP contribution >= 0.6 is 0 Å². The quantitative estimate of drug-likeness (QED) is 0.612. The maximum absolute atomic E-state index is 13.4. The molecule has 4 rings (SSSR count). The number of hydrogen-bond donors (Lipinski definition) is 1. The zero-order chi connectivity index (χ0) is 22.7. The lowest BCUT2D eigenvalue weighted by Gasteiger charge is -2.36. The first-order valence-electron chi connectivity index (χ1n) is 10.0. The molecule has 32 heavy (non-hydrogen) atoms. The molecule has 2 amide bonds. The highest BCUT2D eigenvalue weighted by atomic mass is 19.1. The molecule has 8 nitrogen and oxygen atoms in total. The van der Waals surface area contributed by atoms with Crippen LogP contribution in [0.15, 0.2) is 57.7 Å². The highest BCUT2D eigenvalue weighted by Crippen LogP contribution is 2.20. The number of rotatable bonds is 5. The molecule has 3 aromatic rings. The second kappa shape index (κ2) is 9.01. The number of fused-ring (bicyclic) bond motifs is 1. The van der Waals surface area contributed by atoms with E-state index in [9.17, 15) is 23.6 Å². The van der Waals surface area contributed by atoms with Crippen molar-refractivity contribution in [1.29, 1.82) is 0 Å². The van der Waals surface area contributed by atoms with Crippen LogP contribution < -0.4 is 15.6 Å². The molecule has 0 radical (unpaired) electrons. The van der Waals surface area contributed by atoms with E-state index in [4.69, 9.17) is 4.42 Å². The molecule has 0 saturated carbocycles. The van der Waals surface area contributed by atoms with Crippen LogP contribution in [0.3, 0.4) is 0 Å². The molecule has 2 aromatic carbocycles. The van der Waals surface area contributed by atoms with E-state index in [0.717, 1.165) is 30.2 Å². The molecular weight excluding hydrogens is 417 g/mol. The first-order chi connectivity index (χ1) is 15.5. The van der Waals surface area contributed by atoms with Gasteiger partial charge in [-0.3, -0.25) is 19.2 Å². The number of nitrogens with zero attached hydrogens (tertiary/aromatic N) is 2. The third kappa shape index (κ3) is 4.36. The molecule has 1 aliphatic rings. The molecule has 1 aromatic heterocycles. The number of piperazine rings is 1. The fourth-order valence-electron chi connectivity index (χ4n) is 3.67. The van der Waals surface area contributed by atoms with E-state index in [2.05, 4.69) is 5.32 Å². The second-order valence-electron chi connectivity index (χ2n) is 7.34. The summed E-state index contributed by atoms with van der Waals surface area (Å²) in [5.41, 5.74) is 0.900. The zero-order valence-electron chi connectivity index (χ0n) is 17.0. The van der Waals surface area contributed by atoms with Crippen LogP contribution in [0.1, 0.15) is 20.9 Å². The van der Waals surface area contributed by atoms with Gasteiger partial charge in [-0.05, 0) is 24.3 Å². The summed E-state index contributed by atoms with van der Waals surface area (Å²) in [6.45, 7) is 1.71. The van der Waals surface area contributed by atoms with Crippen LogP contribution in [0.25, 0.3) is 11.0 Å². The number of nitrogens with one attached hydrogen (secondary N) is 1. The maximum atomic E-state index is 13.4. The molecule has 1 fully saturated rings. The highest BCUT2D eigenvalue weighted by molar-refractivity contribution is 5.95. The van der Waals surface area contributed by atoms with E-state index < -0.39 is 17.2 Å². The SMILES string of the molecule is O=Cc1ccccc1N1CCN(C(=O)CNC(=O)c2cc(=O)c3ccc(F)cc3o2)CC1. The molecule has 2 heterocycles. The molecule has 0 bridgehead atoms. The first-order valence-corrected chi connectivity index (χ1v) is 10.0. The second-order valence-corrected chi connectivity index (χ2v) is 7.34. The Morgan fingerprint density at radius 3 is 2.56 bits per heavy atom. The van der Waals surface area contributed by atoms with Crippen LogP contribution in [0, 0.1) is 5.82 Å². The molecule has 0 unspecified atom stereocenters. The van der Waals surface area contributed by atoms with Gasteiger partial charge in [0.1, 0.15) is 11.4 Å². The fourth-order valence-corrected chi connectivity index (χ4v) is 3.67. The topological polar surface area (TPSA) is 99.9 Å². The third-order valence-corrected chi connectivity index (χ3v) is 5.35. The van der Waals surface area contributed by atoms with E-state index in [1.165, 1.54) is 6.07 Å². The number of hydrogen-bond acceptors (Lipinski definition) is 6. The molecule has 9 heteroatoms. The van der Waals surface area contributed by atoms with Crippen molar-refractivity contribution < 1.29 is 23.2 Å². The van der Waals surface area contributed by atoms with Crippen molar-refractivity contribution in [1.82, 2.24) is 10.2 Å². The standard InChI is InChI=1S/C23H20FN3O5/c24-16-5-6-17-19(29)12-21(32-20(17)11-16)23(31)25-13-22(30)27-9-7-26(8-10-27)18-4-2-1-3-15(18)14-28/h1-6,11-12,14H,7-10,13H2,(H,25,31). The summed E-state index contributed by atoms with van der Waals surface area (Å²) >= 11 is 0. The molecular formula is C23H20FN3O5. The van der Waals surface area contributed by atoms with Crippen molar-refractivity contribution in [2.45, 2.75) is 0 Å². The molecule has 164 valence electrons. The van der Waals surface area contributed by atoms with Gasteiger partial charge in [-0.25, -0.2) is 4.39 Å². The van der Waals surface area contributed by atoms with Gasteiger partial charge in [0, 0.05) is 49.6 Å².